The highest BCUT2D eigenvalue weighted by Gasteiger charge is 2.31. The molecule has 0 unspecified atom stereocenters. The monoisotopic (exact) mass is 186 g/mol. The van der Waals surface area contributed by atoms with Crippen molar-refractivity contribution in [1.29, 1.82) is 0 Å². The summed E-state index contributed by atoms with van der Waals surface area (Å²) < 4.78 is 0. The van der Waals surface area contributed by atoms with E-state index in [0.717, 1.165) is 0 Å². The zero-order valence-electron chi connectivity index (χ0n) is 8.89. The Balaban J connectivity index is 4.18. The molecular weight excluding hydrogens is 168 g/mol. The number of nitrogens with one attached hydrogen (secondary N) is 2. The Morgan fingerprint density at radius 1 is 1.15 bits per heavy atom. The fourth-order valence-electron chi connectivity index (χ4n) is 0.568. The van der Waals surface area contributed by atoms with Crippen LogP contribution in [-0.2, 0) is 9.59 Å². The summed E-state index contributed by atoms with van der Waals surface area (Å²) in [5.74, 6) is -0.216. The van der Waals surface area contributed by atoms with Crippen LogP contribution in [0.5, 0.6) is 0 Å². The highest BCUT2D eigenvalue weighted by molar-refractivity contribution is 5.84. The highest BCUT2D eigenvalue weighted by atomic mass is 16.2. The van der Waals surface area contributed by atoms with Gasteiger partial charge in [0.2, 0.25) is 11.8 Å². The minimum atomic E-state index is -0.470. The molecule has 0 saturated carbocycles. The van der Waals surface area contributed by atoms with E-state index in [9.17, 15) is 9.59 Å². The van der Waals surface area contributed by atoms with Gasteiger partial charge < -0.3 is 0 Å². The number of hydrogen-bond acceptors (Lipinski definition) is 2. The molecule has 76 valence electrons. The van der Waals surface area contributed by atoms with E-state index in [1.807, 2.05) is 27.7 Å². The van der Waals surface area contributed by atoms with Crippen LogP contribution in [0.3, 0.4) is 0 Å². The standard InChI is InChI=1S/C9H18N2O2/c1-6(2)9(4,5)8(13)11-10-7(3)12/h6H,1-5H3,(H,10,12)(H,11,13). The first kappa shape index (κ1) is 11.9. The van der Waals surface area contributed by atoms with Gasteiger partial charge in [-0.15, -0.1) is 0 Å². The Morgan fingerprint density at radius 3 is 1.92 bits per heavy atom. The predicted molar refractivity (Wildman–Crippen MR) is 50.6 cm³/mol. The predicted octanol–water partition coefficient (Wildman–Crippen LogP) is 0.836. The maximum Gasteiger partial charge on any atom is 0.244 e. The molecule has 0 spiro atoms. The van der Waals surface area contributed by atoms with Crippen LogP contribution in [0.1, 0.15) is 34.6 Å². The van der Waals surface area contributed by atoms with Gasteiger partial charge in [-0.1, -0.05) is 27.7 Å². The van der Waals surface area contributed by atoms with Gasteiger partial charge in [0.05, 0.1) is 0 Å². The van der Waals surface area contributed by atoms with Gasteiger partial charge >= 0.3 is 0 Å². The lowest BCUT2D eigenvalue weighted by Gasteiger charge is -2.27. The molecule has 0 heterocycles. The van der Waals surface area contributed by atoms with E-state index >= 15 is 0 Å². The van der Waals surface area contributed by atoms with Gasteiger partial charge in [0.25, 0.3) is 0 Å². The summed E-state index contributed by atoms with van der Waals surface area (Å²) in [6, 6.07) is 0. The second kappa shape index (κ2) is 4.25. The lowest BCUT2D eigenvalue weighted by molar-refractivity contribution is -0.135. The summed E-state index contributed by atoms with van der Waals surface area (Å²) in [7, 11) is 0. The molecule has 4 nitrogen and oxygen atoms in total. The van der Waals surface area contributed by atoms with Crippen molar-refractivity contribution >= 4 is 11.8 Å². The van der Waals surface area contributed by atoms with Gasteiger partial charge in [0.1, 0.15) is 0 Å². The normalized spacial score (nSPS) is 11.2. The van der Waals surface area contributed by atoms with E-state index in [1.54, 1.807) is 0 Å². The molecule has 0 atom stereocenters. The van der Waals surface area contributed by atoms with Crippen LogP contribution < -0.4 is 10.9 Å². The topological polar surface area (TPSA) is 58.2 Å². The minimum Gasteiger partial charge on any atom is -0.274 e. The average molecular weight is 186 g/mol. The maximum atomic E-state index is 11.5. The van der Waals surface area contributed by atoms with Gasteiger partial charge in [-0.3, -0.25) is 20.4 Å². The molecule has 0 aromatic rings. The second-order valence-corrected chi connectivity index (χ2v) is 4.01. The molecular formula is C9H18N2O2. The number of hydrogen-bond donors (Lipinski definition) is 2. The first-order valence-electron chi connectivity index (χ1n) is 4.35. The lowest BCUT2D eigenvalue weighted by Crippen LogP contribution is -2.48. The maximum absolute atomic E-state index is 11.5. The number of carbonyl (C=O) groups is 2. The zero-order valence-corrected chi connectivity index (χ0v) is 8.89. The van der Waals surface area contributed by atoms with E-state index < -0.39 is 5.41 Å². The molecule has 0 fully saturated rings. The van der Waals surface area contributed by atoms with Crippen molar-refractivity contribution in [2.24, 2.45) is 11.3 Å². The summed E-state index contributed by atoms with van der Waals surface area (Å²) in [5, 5.41) is 0. The Labute approximate surface area is 79.1 Å². The molecule has 0 aliphatic carbocycles. The van der Waals surface area contributed by atoms with E-state index in [0.29, 0.717) is 0 Å². The molecule has 0 radical (unpaired) electrons. The van der Waals surface area contributed by atoms with Gasteiger partial charge in [-0.05, 0) is 5.92 Å². The Hall–Kier alpha value is -1.06. The number of hydrazine groups is 1. The fraction of sp³-hybridized carbons (Fsp3) is 0.778. The van der Waals surface area contributed by atoms with Crippen molar-refractivity contribution in [2.45, 2.75) is 34.6 Å². The third-order valence-corrected chi connectivity index (χ3v) is 2.38. The first-order valence-corrected chi connectivity index (χ1v) is 4.35. The summed E-state index contributed by atoms with van der Waals surface area (Å²) in [6.07, 6.45) is 0. The molecule has 0 rings (SSSR count). The fourth-order valence-corrected chi connectivity index (χ4v) is 0.568. The van der Waals surface area contributed by atoms with Gasteiger partial charge in [-0.2, -0.15) is 0 Å². The van der Waals surface area contributed by atoms with Gasteiger partial charge in [-0.25, -0.2) is 0 Å². The van der Waals surface area contributed by atoms with E-state index in [1.165, 1.54) is 6.92 Å². The number of amides is 2. The number of rotatable bonds is 2. The molecule has 0 aliphatic heterocycles. The average Bonchev–Trinajstić information content (AvgIpc) is 1.99. The largest absolute Gasteiger partial charge is 0.274 e. The third-order valence-electron chi connectivity index (χ3n) is 2.38. The minimum absolute atomic E-state index is 0.169. The second-order valence-electron chi connectivity index (χ2n) is 4.01. The van der Waals surface area contributed by atoms with Gasteiger partial charge in [0, 0.05) is 12.3 Å². The smallest absolute Gasteiger partial charge is 0.244 e. The molecule has 13 heavy (non-hydrogen) atoms. The summed E-state index contributed by atoms with van der Waals surface area (Å²) >= 11 is 0. The Bertz CT molecular complexity index is 210. The van der Waals surface area contributed by atoms with E-state index in [-0.39, 0.29) is 17.7 Å². The van der Waals surface area contributed by atoms with Crippen LogP contribution in [0, 0.1) is 11.3 Å². The summed E-state index contributed by atoms with van der Waals surface area (Å²) in [5.41, 5.74) is 4.16. The molecule has 0 aromatic heterocycles. The molecule has 2 N–H and O–H groups in total. The lowest BCUT2D eigenvalue weighted by atomic mass is 9.80. The highest BCUT2D eigenvalue weighted by Crippen LogP contribution is 2.25. The molecule has 0 saturated heterocycles. The SMILES string of the molecule is CC(=O)NNC(=O)C(C)(C)C(C)C. The van der Waals surface area contributed by atoms with Crippen LogP contribution in [0.25, 0.3) is 0 Å². The molecule has 2 amide bonds. The molecule has 0 aliphatic rings. The molecule has 0 aromatic carbocycles. The Kier molecular flexibility index (Phi) is 3.91. The van der Waals surface area contributed by atoms with Crippen LogP contribution in [0.2, 0.25) is 0 Å². The number of carbonyl (C=O) groups excluding carboxylic acids is 2. The van der Waals surface area contributed by atoms with Crippen molar-refractivity contribution in [3.63, 3.8) is 0 Å². The van der Waals surface area contributed by atoms with Crippen molar-refractivity contribution in [2.75, 3.05) is 0 Å². The first-order chi connectivity index (χ1) is 5.78. The van der Waals surface area contributed by atoms with Gasteiger partial charge in [0.15, 0.2) is 0 Å². The van der Waals surface area contributed by atoms with Crippen LogP contribution in [0.4, 0.5) is 0 Å². The zero-order chi connectivity index (χ0) is 10.6. The quantitative estimate of drug-likeness (QED) is 0.628. The van der Waals surface area contributed by atoms with Crippen LogP contribution >= 0.6 is 0 Å². The van der Waals surface area contributed by atoms with Crippen molar-refractivity contribution in [1.82, 2.24) is 10.9 Å². The van der Waals surface area contributed by atoms with Crippen LogP contribution in [-0.4, -0.2) is 11.8 Å². The molecule has 4 heteroatoms. The van der Waals surface area contributed by atoms with E-state index in [2.05, 4.69) is 10.9 Å². The van der Waals surface area contributed by atoms with Crippen molar-refractivity contribution in [3.8, 4) is 0 Å². The third kappa shape index (κ3) is 3.44. The van der Waals surface area contributed by atoms with E-state index in [4.69, 9.17) is 0 Å². The van der Waals surface area contributed by atoms with Crippen LogP contribution in [0.15, 0.2) is 0 Å². The summed E-state index contributed by atoms with van der Waals surface area (Å²) in [6.45, 7) is 8.97. The van der Waals surface area contributed by atoms with Crippen molar-refractivity contribution < 1.29 is 9.59 Å². The summed E-state index contributed by atoms with van der Waals surface area (Å²) in [4.78, 5) is 22.0. The Morgan fingerprint density at radius 2 is 1.62 bits per heavy atom. The molecule has 0 bridgehead atoms. The van der Waals surface area contributed by atoms with Crippen molar-refractivity contribution in [3.05, 3.63) is 0 Å².